The number of piperidine rings is 2. The Morgan fingerprint density at radius 1 is 0.975 bits per heavy atom. The predicted molar refractivity (Wildman–Crippen MR) is 293 cm³/mol. The fraction of sp³-hybridized carbons (Fsp3) is 0.466. The first-order valence-corrected chi connectivity index (χ1v) is 28.1. The number of benzene rings is 2. The summed E-state index contributed by atoms with van der Waals surface area (Å²) in [5.41, 5.74) is 7.69. The SMILES string of the molecule is Cc1cc([C@H](C(=O)N2CC(O)CC2(C(N)=O)[C@@H](CC(=O)N2CCC(N3CCC(C#Cc4ccc(N5C(=S)N(c6cnc(C#N)c(C(F)(F)F)c6)C(=O)C56CCC6)cc4)CC3)CC2)c2ccc(-c3scnc3C)cc2)C(C)C)on1. The van der Waals surface area contributed by atoms with Crippen molar-refractivity contribution in [3.63, 3.8) is 0 Å². The number of halogens is 3. The number of hydrogen-bond acceptors (Lipinski definition) is 13. The molecule has 0 bridgehead atoms. The highest BCUT2D eigenvalue weighted by Gasteiger charge is 2.61. The van der Waals surface area contributed by atoms with Gasteiger partial charge in [-0.3, -0.25) is 24.1 Å². The second-order valence-corrected chi connectivity index (χ2v) is 23.1. The fourth-order valence-electron chi connectivity index (χ4n) is 12.5. The Kier molecular flexibility index (Phi) is 15.3. The lowest BCUT2D eigenvalue weighted by atomic mass is 9.73. The zero-order chi connectivity index (χ0) is 56.1. The topological polar surface area (TPSA) is 206 Å². The molecule has 5 aliphatic rings. The molecule has 412 valence electrons. The van der Waals surface area contributed by atoms with Gasteiger partial charge in [0.2, 0.25) is 17.7 Å². The van der Waals surface area contributed by atoms with E-state index in [2.05, 4.69) is 31.9 Å². The highest BCUT2D eigenvalue weighted by Crippen LogP contribution is 2.50. The third kappa shape index (κ3) is 10.3. The summed E-state index contributed by atoms with van der Waals surface area (Å²) in [4.78, 5) is 75.5. The van der Waals surface area contributed by atoms with Gasteiger partial charge >= 0.3 is 6.18 Å². The molecule has 2 aromatic carbocycles. The van der Waals surface area contributed by atoms with Crippen LogP contribution in [0.25, 0.3) is 10.4 Å². The number of likely N-dealkylation sites (tertiary alicyclic amines) is 3. The van der Waals surface area contributed by atoms with Gasteiger partial charge in [-0.15, -0.1) is 11.3 Å². The van der Waals surface area contributed by atoms with E-state index in [4.69, 9.17) is 22.5 Å². The number of aliphatic hydroxyl groups is 1. The number of carbonyl (C=O) groups excluding carboxylic acids is 4. The number of thiocarbonyl (C=S) groups is 1. The van der Waals surface area contributed by atoms with Crippen molar-refractivity contribution in [2.24, 2.45) is 17.6 Å². The summed E-state index contributed by atoms with van der Waals surface area (Å²) < 4.78 is 47.3. The van der Waals surface area contributed by atoms with Gasteiger partial charge in [0.25, 0.3) is 5.91 Å². The van der Waals surface area contributed by atoms with Crippen molar-refractivity contribution >= 4 is 63.7 Å². The number of aryl methyl sites for hydroxylation is 2. The lowest BCUT2D eigenvalue weighted by Crippen LogP contribution is -2.61. The smallest absolute Gasteiger partial charge is 0.391 e. The minimum absolute atomic E-state index is 0.0386. The van der Waals surface area contributed by atoms with Gasteiger partial charge in [-0.2, -0.15) is 18.4 Å². The fourth-order valence-corrected chi connectivity index (χ4v) is 13.8. The molecule has 4 saturated heterocycles. The van der Waals surface area contributed by atoms with Gasteiger partial charge in [-0.1, -0.05) is 55.1 Å². The van der Waals surface area contributed by atoms with Crippen molar-refractivity contribution in [2.45, 2.75) is 127 Å². The van der Waals surface area contributed by atoms with Crippen molar-refractivity contribution < 1.29 is 42.0 Å². The van der Waals surface area contributed by atoms with Crippen molar-refractivity contribution in [1.29, 1.82) is 5.26 Å². The van der Waals surface area contributed by atoms with Crippen LogP contribution in [0.15, 0.2) is 76.9 Å². The molecule has 1 spiro atoms. The molecule has 1 aliphatic carbocycles. The molecule has 79 heavy (non-hydrogen) atoms. The molecule has 5 aromatic rings. The molecule has 5 fully saturated rings. The van der Waals surface area contributed by atoms with Crippen LogP contribution in [0.2, 0.25) is 0 Å². The number of primary amides is 1. The second kappa shape index (κ2) is 21.9. The van der Waals surface area contributed by atoms with Gasteiger partial charge < -0.3 is 35.0 Å². The van der Waals surface area contributed by atoms with Crippen LogP contribution in [0.5, 0.6) is 0 Å². The van der Waals surface area contributed by atoms with Gasteiger partial charge in [-0.05, 0) is 131 Å². The molecule has 2 unspecified atom stereocenters. The van der Waals surface area contributed by atoms with E-state index < -0.39 is 64.2 Å². The van der Waals surface area contributed by atoms with Gasteiger partial charge in [0.15, 0.2) is 10.8 Å². The van der Waals surface area contributed by atoms with E-state index in [1.807, 2.05) is 74.2 Å². The molecule has 16 nitrogen and oxygen atoms in total. The van der Waals surface area contributed by atoms with E-state index in [0.29, 0.717) is 48.6 Å². The van der Waals surface area contributed by atoms with E-state index in [0.717, 1.165) is 84.1 Å². The Labute approximate surface area is 465 Å². The van der Waals surface area contributed by atoms with Crippen LogP contribution >= 0.6 is 23.6 Å². The van der Waals surface area contributed by atoms with Crippen LogP contribution in [0.3, 0.4) is 0 Å². The molecule has 21 heteroatoms. The minimum atomic E-state index is -4.86. The van der Waals surface area contributed by atoms with Crippen LogP contribution < -0.4 is 15.5 Å². The normalized spacial score (nSPS) is 21.7. The lowest BCUT2D eigenvalue weighted by Gasteiger charge is -2.44. The molecule has 0 radical (unpaired) electrons. The number of nitrogens with two attached hydrogens (primary N) is 1. The van der Waals surface area contributed by atoms with Crippen molar-refractivity contribution in [3.05, 3.63) is 112 Å². The molecular weight excluding hydrogens is 1050 g/mol. The predicted octanol–water partition coefficient (Wildman–Crippen LogP) is 8.25. The van der Waals surface area contributed by atoms with E-state index in [-0.39, 0.29) is 54.0 Å². The molecule has 10 rings (SSSR count). The van der Waals surface area contributed by atoms with Crippen molar-refractivity contribution in [2.75, 3.05) is 42.5 Å². The van der Waals surface area contributed by atoms with E-state index in [1.54, 1.807) is 23.4 Å². The second-order valence-electron chi connectivity index (χ2n) is 21.9. The molecule has 7 heterocycles. The number of rotatable bonds is 12. The summed E-state index contributed by atoms with van der Waals surface area (Å²) in [6.45, 7) is 10.0. The molecule has 4 atom stereocenters. The van der Waals surface area contributed by atoms with Crippen LogP contribution in [0.1, 0.15) is 123 Å². The Hall–Kier alpha value is -7.04. The Morgan fingerprint density at radius 2 is 1.67 bits per heavy atom. The monoisotopic (exact) mass is 1110 g/mol. The number of anilines is 2. The van der Waals surface area contributed by atoms with Gasteiger partial charge in [0, 0.05) is 67.7 Å². The van der Waals surface area contributed by atoms with Crippen molar-refractivity contribution in [1.82, 2.24) is 29.8 Å². The number of aromatic nitrogens is 3. The third-order valence-electron chi connectivity index (χ3n) is 16.8. The maximum Gasteiger partial charge on any atom is 0.419 e. The van der Waals surface area contributed by atoms with E-state index >= 15 is 0 Å². The summed E-state index contributed by atoms with van der Waals surface area (Å²) >= 11 is 7.29. The van der Waals surface area contributed by atoms with Crippen LogP contribution in [0, 0.1) is 48.9 Å². The first-order valence-electron chi connectivity index (χ1n) is 26.8. The average Bonchev–Trinajstić information content (AvgIpc) is 4.39. The summed E-state index contributed by atoms with van der Waals surface area (Å²) in [5.74, 6) is 3.46. The largest absolute Gasteiger partial charge is 0.419 e. The van der Waals surface area contributed by atoms with Crippen LogP contribution in [0.4, 0.5) is 24.5 Å². The zero-order valence-electron chi connectivity index (χ0n) is 44.3. The summed E-state index contributed by atoms with van der Waals surface area (Å²) in [6.07, 6.45) is -0.205. The Morgan fingerprint density at radius 3 is 2.24 bits per heavy atom. The summed E-state index contributed by atoms with van der Waals surface area (Å²) in [5, 5.41) is 24.8. The number of carbonyl (C=O) groups is 4. The Balaban J connectivity index is 0.790. The number of aliphatic hydroxyl groups excluding tert-OH is 1. The molecular formula is C58H61F3N10O6S2. The number of pyridine rings is 1. The molecule has 4 amide bonds. The molecule has 3 aromatic heterocycles. The van der Waals surface area contributed by atoms with Gasteiger partial charge in [0.05, 0.1) is 45.3 Å². The first-order chi connectivity index (χ1) is 37.7. The summed E-state index contributed by atoms with van der Waals surface area (Å²) in [6, 6.07) is 19.2. The number of thiazole rings is 1. The number of nitriles is 1. The average molecular weight is 1120 g/mol. The minimum Gasteiger partial charge on any atom is -0.391 e. The Bertz CT molecular complexity index is 3270. The highest BCUT2D eigenvalue weighted by atomic mass is 32.1. The van der Waals surface area contributed by atoms with E-state index in [1.165, 1.54) is 22.3 Å². The van der Waals surface area contributed by atoms with Gasteiger partial charge in [0.1, 0.15) is 28.8 Å². The third-order valence-corrected chi connectivity index (χ3v) is 18.2. The first kappa shape index (κ1) is 55.3. The zero-order valence-corrected chi connectivity index (χ0v) is 46.0. The highest BCUT2D eigenvalue weighted by molar-refractivity contribution is 7.81. The summed E-state index contributed by atoms with van der Waals surface area (Å²) in [7, 11) is 0. The maximum atomic E-state index is 14.9. The number of alkyl halides is 3. The number of hydrogen-bond donors (Lipinski definition) is 2. The van der Waals surface area contributed by atoms with E-state index in [9.17, 15) is 42.7 Å². The van der Waals surface area contributed by atoms with Crippen LogP contribution in [-0.2, 0) is 25.4 Å². The van der Waals surface area contributed by atoms with Crippen LogP contribution in [-0.4, -0.2) is 120 Å². The van der Waals surface area contributed by atoms with Crippen molar-refractivity contribution in [3.8, 4) is 28.4 Å². The lowest BCUT2D eigenvalue weighted by molar-refractivity contribution is -0.149. The quantitative estimate of drug-likeness (QED) is 0.0893. The number of β-amino-alcohol motifs (C(OH)–C–C–N with tert-alkyl or cyclic N) is 1. The molecule has 3 N–H and O–H groups in total. The molecule has 4 aliphatic heterocycles. The number of amides is 4. The molecule has 1 saturated carbocycles. The number of nitrogens with zero attached hydrogens (tertiary/aromatic N) is 9. The maximum absolute atomic E-state index is 14.9. The van der Waals surface area contributed by atoms with Gasteiger partial charge in [-0.25, -0.2) is 9.97 Å². The standard InChI is InChI=1S/C58H61F3N10O6S2/c1-34(2)50(48-26-35(3)66-77-48)52(74)69-32-44(72)29-57(69,53(63)75)45(39-10-12-40(13-11-39)51-36(4)65-33-79-51)28-49(73)68-24-18-41(19-25-68)67-22-16-38(17-23-67)7-6-37-8-14-42(15-9-37)71-55(78)70(54(76)56(71)20-5-21-56)43-27-46(58(59,60)61)47(30-62)64-31-43/h8-15,26-27,31,33-34,38,41,44-45,50,72H,5,16-25,28-29,32H2,1-4H3,(H2,63,75)/t44?,45-,50+,57?/m0/s1.